The lowest BCUT2D eigenvalue weighted by Crippen LogP contribution is -2.19. The third-order valence-corrected chi connectivity index (χ3v) is 4.78. The van der Waals surface area contributed by atoms with Crippen LogP contribution in [0.2, 0.25) is 0 Å². The van der Waals surface area contributed by atoms with Gasteiger partial charge >= 0.3 is 0 Å². The van der Waals surface area contributed by atoms with Crippen molar-refractivity contribution in [3.63, 3.8) is 0 Å². The van der Waals surface area contributed by atoms with E-state index in [1.165, 1.54) is 0 Å². The molecule has 2 aromatic carbocycles. The van der Waals surface area contributed by atoms with Crippen LogP contribution in [-0.2, 0) is 15.6 Å². The van der Waals surface area contributed by atoms with Crippen molar-refractivity contribution in [2.45, 2.75) is 11.8 Å². The molecule has 0 heterocycles. The maximum Gasteiger partial charge on any atom is 0.237 e. The van der Waals surface area contributed by atoms with Crippen LogP contribution in [0.15, 0.2) is 51.8 Å². The van der Waals surface area contributed by atoms with Crippen molar-refractivity contribution in [3.05, 3.63) is 52.5 Å². The van der Waals surface area contributed by atoms with Crippen LogP contribution in [-0.4, -0.2) is 15.9 Å². The summed E-state index contributed by atoms with van der Waals surface area (Å²) in [4.78, 5) is 12.6. The fourth-order valence-electron chi connectivity index (χ4n) is 1.89. The number of nitrogens with one attached hydrogen (secondary N) is 1. The molecule has 110 valence electrons. The van der Waals surface area contributed by atoms with E-state index < -0.39 is 10.8 Å². The number of carbonyl (C=O) groups is 1. The number of rotatable bonds is 4. The van der Waals surface area contributed by atoms with Crippen LogP contribution >= 0.6 is 15.9 Å². The molecule has 0 aromatic heterocycles. The van der Waals surface area contributed by atoms with Crippen molar-refractivity contribution in [2.75, 3.05) is 16.8 Å². The smallest absolute Gasteiger partial charge is 0.237 e. The fraction of sp³-hybridized carbons (Fsp3) is 0.133. The maximum absolute atomic E-state index is 12.2. The first-order chi connectivity index (χ1) is 9.95. The number of nitrogen functional groups attached to an aromatic ring is 1. The molecule has 0 aliphatic heterocycles. The summed E-state index contributed by atoms with van der Waals surface area (Å²) in [6.07, 6.45) is 0. The highest BCUT2D eigenvalue weighted by atomic mass is 79.9. The Kier molecular flexibility index (Phi) is 5.14. The Morgan fingerprint density at radius 2 is 2.05 bits per heavy atom. The van der Waals surface area contributed by atoms with E-state index in [2.05, 4.69) is 21.2 Å². The van der Waals surface area contributed by atoms with E-state index in [4.69, 9.17) is 5.73 Å². The van der Waals surface area contributed by atoms with Gasteiger partial charge < -0.3 is 11.1 Å². The lowest BCUT2D eigenvalue weighted by atomic mass is 10.2. The first-order valence-corrected chi connectivity index (χ1v) is 8.37. The van der Waals surface area contributed by atoms with Crippen LogP contribution in [0.4, 0.5) is 11.4 Å². The third-order valence-electron chi connectivity index (χ3n) is 2.81. The quantitative estimate of drug-likeness (QED) is 0.816. The zero-order valence-electron chi connectivity index (χ0n) is 11.4. The van der Waals surface area contributed by atoms with Crippen molar-refractivity contribution >= 4 is 44.0 Å². The first kappa shape index (κ1) is 15.7. The van der Waals surface area contributed by atoms with Gasteiger partial charge in [-0.15, -0.1) is 0 Å². The molecule has 4 nitrogen and oxygen atoms in total. The van der Waals surface area contributed by atoms with Crippen molar-refractivity contribution < 1.29 is 9.00 Å². The summed E-state index contributed by atoms with van der Waals surface area (Å²) in [5, 5.41) is 2.73. The fourth-order valence-corrected chi connectivity index (χ4v) is 3.39. The van der Waals surface area contributed by atoms with Crippen molar-refractivity contribution in [1.29, 1.82) is 0 Å². The Morgan fingerprint density at radius 3 is 2.71 bits per heavy atom. The Balaban J connectivity index is 2.04. The van der Waals surface area contributed by atoms with E-state index in [1.807, 2.05) is 19.1 Å². The molecule has 3 N–H and O–H groups in total. The number of benzene rings is 2. The van der Waals surface area contributed by atoms with Crippen molar-refractivity contribution in [2.24, 2.45) is 0 Å². The molecule has 0 saturated heterocycles. The number of carbonyl (C=O) groups excluding carboxylic acids is 1. The number of hydrogen-bond acceptors (Lipinski definition) is 3. The lowest BCUT2D eigenvalue weighted by molar-refractivity contribution is -0.113. The van der Waals surface area contributed by atoms with E-state index in [9.17, 15) is 9.00 Å². The van der Waals surface area contributed by atoms with Gasteiger partial charge in [0.05, 0.1) is 10.8 Å². The molecule has 0 bridgehead atoms. The molecule has 1 amide bonds. The summed E-state index contributed by atoms with van der Waals surface area (Å²) < 4.78 is 13.1. The van der Waals surface area contributed by atoms with Gasteiger partial charge in [-0.1, -0.05) is 22.0 Å². The average Bonchev–Trinajstić information content (AvgIpc) is 2.38. The molecular formula is C15H15BrN2O2S. The monoisotopic (exact) mass is 366 g/mol. The number of aryl methyl sites for hydroxylation is 1. The number of nitrogens with two attached hydrogens (primary N) is 1. The highest BCUT2D eigenvalue weighted by Crippen LogP contribution is 2.18. The Hall–Kier alpha value is -1.66. The minimum atomic E-state index is -1.39. The van der Waals surface area contributed by atoms with E-state index in [0.29, 0.717) is 16.3 Å². The van der Waals surface area contributed by atoms with E-state index in [0.717, 1.165) is 10.0 Å². The van der Waals surface area contributed by atoms with Gasteiger partial charge in [-0.2, -0.15) is 0 Å². The number of anilines is 2. The Bertz CT molecular complexity index is 704. The van der Waals surface area contributed by atoms with Gasteiger partial charge in [0.15, 0.2) is 0 Å². The topological polar surface area (TPSA) is 72.2 Å². The molecule has 2 aromatic rings. The largest absolute Gasteiger partial charge is 0.399 e. The maximum atomic E-state index is 12.2. The third kappa shape index (κ3) is 4.41. The van der Waals surface area contributed by atoms with Crippen LogP contribution in [0, 0.1) is 6.92 Å². The summed E-state index contributed by atoms with van der Waals surface area (Å²) in [6.45, 7) is 1.83. The zero-order chi connectivity index (χ0) is 15.4. The summed E-state index contributed by atoms with van der Waals surface area (Å²) in [5.74, 6) is -0.375. The zero-order valence-corrected chi connectivity index (χ0v) is 13.8. The second-order valence-corrected chi connectivity index (χ2v) is 6.91. The second-order valence-electron chi connectivity index (χ2n) is 4.57. The van der Waals surface area contributed by atoms with Crippen LogP contribution in [0.5, 0.6) is 0 Å². The minimum Gasteiger partial charge on any atom is -0.399 e. The molecule has 1 atom stereocenters. The molecule has 6 heteroatoms. The van der Waals surface area contributed by atoms with Crippen LogP contribution < -0.4 is 11.1 Å². The predicted molar refractivity (Wildman–Crippen MR) is 89.6 cm³/mol. The van der Waals surface area contributed by atoms with Gasteiger partial charge in [0.1, 0.15) is 5.75 Å². The molecule has 0 aliphatic rings. The summed E-state index contributed by atoms with van der Waals surface area (Å²) >= 11 is 3.33. The highest BCUT2D eigenvalue weighted by molar-refractivity contribution is 9.10. The number of hydrogen-bond donors (Lipinski definition) is 2. The normalized spacial score (nSPS) is 11.9. The van der Waals surface area contributed by atoms with Crippen molar-refractivity contribution in [1.82, 2.24) is 0 Å². The van der Waals surface area contributed by atoms with E-state index in [-0.39, 0.29) is 11.7 Å². The number of amides is 1. The lowest BCUT2D eigenvalue weighted by Gasteiger charge is -2.08. The van der Waals surface area contributed by atoms with Crippen molar-refractivity contribution in [3.8, 4) is 0 Å². The van der Waals surface area contributed by atoms with Crippen LogP contribution in [0.3, 0.4) is 0 Å². The summed E-state index contributed by atoms with van der Waals surface area (Å²) in [5.41, 5.74) is 7.77. The molecule has 0 radical (unpaired) electrons. The van der Waals surface area contributed by atoms with Gasteiger partial charge in [-0.25, -0.2) is 0 Å². The standard InChI is InChI=1S/C15H15BrN2O2S/c1-10-7-12(17)5-6-14(10)21(20)9-15(19)18-13-4-2-3-11(16)8-13/h2-8H,9,17H2,1H3,(H,18,19). The molecule has 0 saturated carbocycles. The molecule has 0 fully saturated rings. The average molecular weight is 367 g/mol. The molecule has 0 aliphatic carbocycles. The van der Waals surface area contributed by atoms with Gasteiger partial charge in [0.2, 0.25) is 5.91 Å². The SMILES string of the molecule is Cc1cc(N)ccc1S(=O)CC(=O)Nc1cccc(Br)c1. The van der Waals surface area contributed by atoms with Gasteiger partial charge in [-0.05, 0) is 48.9 Å². The molecule has 2 rings (SSSR count). The summed E-state index contributed by atoms with van der Waals surface area (Å²) in [6, 6.07) is 12.4. The highest BCUT2D eigenvalue weighted by Gasteiger charge is 2.13. The van der Waals surface area contributed by atoms with Crippen LogP contribution in [0.1, 0.15) is 5.56 Å². The Morgan fingerprint density at radius 1 is 1.29 bits per heavy atom. The molecule has 0 spiro atoms. The van der Waals surface area contributed by atoms with E-state index >= 15 is 0 Å². The number of halogens is 1. The molecular weight excluding hydrogens is 352 g/mol. The molecule has 21 heavy (non-hydrogen) atoms. The van der Waals surface area contributed by atoms with E-state index in [1.54, 1.807) is 30.3 Å². The van der Waals surface area contributed by atoms with Gasteiger partial charge in [0, 0.05) is 20.7 Å². The van der Waals surface area contributed by atoms with Crippen LogP contribution in [0.25, 0.3) is 0 Å². The molecule has 1 unspecified atom stereocenters. The predicted octanol–water partition coefficient (Wildman–Crippen LogP) is 3.09. The minimum absolute atomic E-state index is 0.0860. The Labute approximate surface area is 134 Å². The van der Waals surface area contributed by atoms with Gasteiger partial charge in [0.25, 0.3) is 0 Å². The van der Waals surface area contributed by atoms with Gasteiger partial charge in [-0.3, -0.25) is 9.00 Å². The second kappa shape index (κ2) is 6.87. The summed E-state index contributed by atoms with van der Waals surface area (Å²) in [7, 11) is -1.39. The first-order valence-electron chi connectivity index (χ1n) is 6.25.